The molecule has 2 aromatic heterocycles. The minimum Gasteiger partial charge on any atom is -0.481 e. The standard InChI is InChI=1S/C21H29N5O5S2/c1-24(21(27)28)16-8-13-26(14-9-16,20-22-10-5-18(23-20)31-2)17-6-11-25(12-7-17)33(29,30)19-4-3-15-32-19/h3-5,10,15-17H,6-9,11-14H2,1-2H3/p+1. The molecule has 0 spiro atoms. The van der Waals surface area contributed by atoms with Crippen molar-refractivity contribution in [2.24, 2.45) is 0 Å². The highest BCUT2D eigenvalue weighted by molar-refractivity contribution is 7.91. The average molecular weight is 497 g/mol. The number of likely N-dealkylation sites (tertiary alicyclic amines) is 1. The van der Waals surface area contributed by atoms with E-state index in [1.165, 1.54) is 16.2 Å². The summed E-state index contributed by atoms with van der Waals surface area (Å²) in [4.78, 5) is 22.1. The first kappa shape index (κ1) is 23.9. The normalized spacial score (nSPS) is 25.0. The minimum absolute atomic E-state index is 0.0568. The molecule has 10 nitrogen and oxygen atoms in total. The Morgan fingerprint density at radius 3 is 2.52 bits per heavy atom. The number of piperidine rings is 2. The first-order chi connectivity index (χ1) is 15.8. The molecule has 2 aromatic rings. The molecule has 0 radical (unpaired) electrons. The quantitative estimate of drug-likeness (QED) is 0.611. The van der Waals surface area contributed by atoms with Gasteiger partial charge in [0, 0.05) is 64.1 Å². The third-order valence-corrected chi connectivity index (χ3v) is 10.3. The molecule has 1 amide bonds. The molecule has 12 heteroatoms. The zero-order chi connectivity index (χ0) is 23.6. The summed E-state index contributed by atoms with van der Waals surface area (Å²) in [5.41, 5.74) is 0. The molecule has 4 heterocycles. The van der Waals surface area contributed by atoms with Crippen molar-refractivity contribution in [1.82, 2.24) is 23.7 Å². The van der Waals surface area contributed by atoms with Gasteiger partial charge in [-0.25, -0.2) is 13.2 Å². The zero-order valence-electron chi connectivity index (χ0n) is 18.8. The average Bonchev–Trinajstić information content (AvgIpc) is 3.40. The van der Waals surface area contributed by atoms with Crippen molar-refractivity contribution in [2.75, 3.05) is 40.3 Å². The number of aromatic nitrogens is 2. The molecular formula is C21H30N5O5S2+. The number of rotatable bonds is 6. The first-order valence-corrected chi connectivity index (χ1v) is 13.3. The van der Waals surface area contributed by atoms with Crippen LogP contribution in [0, 0.1) is 0 Å². The largest absolute Gasteiger partial charge is 0.481 e. The number of nitrogens with zero attached hydrogens (tertiary/aromatic N) is 5. The maximum Gasteiger partial charge on any atom is 0.407 e. The fraction of sp³-hybridized carbons (Fsp3) is 0.571. The fourth-order valence-corrected chi connectivity index (χ4v) is 7.68. The number of amides is 1. The van der Waals surface area contributed by atoms with E-state index in [0.29, 0.717) is 72.4 Å². The summed E-state index contributed by atoms with van der Waals surface area (Å²) in [6.07, 6.45) is 3.51. The summed E-state index contributed by atoms with van der Waals surface area (Å²) in [6, 6.07) is 5.19. The number of thiophene rings is 1. The van der Waals surface area contributed by atoms with Crippen LogP contribution in [0.1, 0.15) is 25.7 Å². The van der Waals surface area contributed by atoms with Crippen molar-refractivity contribution in [1.29, 1.82) is 0 Å². The Bertz CT molecular complexity index is 1060. The molecule has 2 fully saturated rings. The maximum absolute atomic E-state index is 13.0. The highest BCUT2D eigenvalue weighted by Gasteiger charge is 2.48. The lowest BCUT2D eigenvalue weighted by atomic mass is 9.94. The van der Waals surface area contributed by atoms with Crippen molar-refractivity contribution in [3.05, 3.63) is 29.8 Å². The lowest BCUT2D eigenvalue weighted by Crippen LogP contribution is -2.65. The lowest BCUT2D eigenvalue weighted by Gasteiger charge is -2.49. The third-order valence-electron chi connectivity index (χ3n) is 7.01. The van der Waals surface area contributed by atoms with Gasteiger partial charge >= 0.3 is 12.0 Å². The van der Waals surface area contributed by atoms with E-state index in [1.54, 1.807) is 48.2 Å². The van der Waals surface area contributed by atoms with Crippen LogP contribution in [-0.4, -0.2) is 91.2 Å². The van der Waals surface area contributed by atoms with E-state index in [-0.39, 0.29) is 12.1 Å². The van der Waals surface area contributed by atoms with Gasteiger partial charge in [-0.1, -0.05) is 6.07 Å². The van der Waals surface area contributed by atoms with Crippen LogP contribution in [0.15, 0.2) is 34.0 Å². The number of methoxy groups -OCH3 is 1. The second-order valence-electron chi connectivity index (χ2n) is 8.57. The van der Waals surface area contributed by atoms with Crippen LogP contribution >= 0.6 is 11.3 Å². The summed E-state index contributed by atoms with van der Waals surface area (Å²) in [5, 5.41) is 11.2. The Morgan fingerprint density at radius 1 is 1.24 bits per heavy atom. The Balaban J connectivity index is 1.57. The number of carbonyl (C=O) groups is 1. The molecule has 1 N–H and O–H groups in total. The molecule has 0 saturated carbocycles. The molecule has 2 aliphatic rings. The Kier molecular flexibility index (Phi) is 6.89. The third kappa shape index (κ3) is 4.57. The molecule has 180 valence electrons. The number of hydrogen-bond acceptors (Lipinski definition) is 7. The maximum atomic E-state index is 13.0. The summed E-state index contributed by atoms with van der Waals surface area (Å²) in [6.45, 7) is 2.26. The summed E-state index contributed by atoms with van der Waals surface area (Å²) in [5.74, 6) is 1.14. The van der Waals surface area contributed by atoms with Crippen LogP contribution in [0.5, 0.6) is 5.88 Å². The molecule has 2 saturated heterocycles. The molecule has 0 aliphatic carbocycles. The fourth-order valence-electron chi connectivity index (χ4n) is 5.06. The number of hydrogen-bond donors (Lipinski definition) is 1. The highest BCUT2D eigenvalue weighted by atomic mass is 32.2. The number of ether oxygens (including phenoxy) is 1. The monoisotopic (exact) mass is 496 g/mol. The molecule has 0 atom stereocenters. The summed E-state index contributed by atoms with van der Waals surface area (Å²) >= 11 is 1.24. The van der Waals surface area contributed by atoms with E-state index < -0.39 is 16.1 Å². The van der Waals surface area contributed by atoms with Crippen LogP contribution in [0.4, 0.5) is 10.7 Å². The van der Waals surface area contributed by atoms with E-state index in [0.717, 1.165) is 0 Å². The topological polar surface area (TPSA) is 113 Å². The molecule has 0 bridgehead atoms. The second-order valence-corrected chi connectivity index (χ2v) is 11.7. The molecule has 2 aliphatic heterocycles. The number of carboxylic acid groups (broad SMARTS) is 1. The zero-order valence-corrected chi connectivity index (χ0v) is 20.5. The minimum atomic E-state index is -3.48. The van der Waals surface area contributed by atoms with E-state index in [9.17, 15) is 18.3 Å². The van der Waals surface area contributed by atoms with Crippen molar-refractivity contribution >= 4 is 33.4 Å². The molecular weight excluding hydrogens is 466 g/mol. The van der Waals surface area contributed by atoms with E-state index in [1.807, 2.05) is 0 Å². The molecule has 0 unspecified atom stereocenters. The van der Waals surface area contributed by atoms with Gasteiger partial charge < -0.3 is 14.7 Å². The Morgan fingerprint density at radius 2 is 1.94 bits per heavy atom. The summed E-state index contributed by atoms with van der Waals surface area (Å²) in [7, 11) is -0.294. The summed E-state index contributed by atoms with van der Waals surface area (Å²) < 4.78 is 33.8. The van der Waals surface area contributed by atoms with E-state index >= 15 is 0 Å². The van der Waals surface area contributed by atoms with Crippen molar-refractivity contribution in [3.63, 3.8) is 0 Å². The van der Waals surface area contributed by atoms with Crippen LogP contribution in [0.25, 0.3) is 0 Å². The van der Waals surface area contributed by atoms with Crippen molar-refractivity contribution in [3.8, 4) is 5.88 Å². The smallest absolute Gasteiger partial charge is 0.407 e. The van der Waals surface area contributed by atoms with Gasteiger partial charge in [-0.05, 0) is 11.4 Å². The Hall–Kier alpha value is -2.28. The SMILES string of the molecule is COc1ccnc([N+]2(C3CCN(S(=O)(=O)c4cccs4)CC3)CCC(N(C)C(=O)O)CC2)n1. The van der Waals surface area contributed by atoms with Crippen LogP contribution in [-0.2, 0) is 10.0 Å². The highest BCUT2D eigenvalue weighted by Crippen LogP contribution is 2.36. The number of sulfonamides is 1. The van der Waals surface area contributed by atoms with E-state index in [4.69, 9.17) is 4.74 Å². The van der Waals surface area contributed by atoms with Crippen molar-refractivity contribution < 1.29 is 23.1 Å². The van der Waals surface area contributed by atoms with Crippen LogP contribution in [0.3, 0.4) is 0 Å². The molecule has 33 heavy (non-hydrogen) atoms. The van der Waals surface area contributed by atoms with Gasteiger partial charge in [-0.15, -0.1) is 16.3 Å². The second kappa shape index (κ2) is 9.53. The predicted octanol–water partition coefficient (Wildman–Crippen LogP) is 2.48. The van der Waals surface area contributed by atoms with E-state index in [2.05, 4.69) is 9.97 Å². The van der Waals surface area contributed by atoms with Crippen molar-refractivity contribution in [2.45, 2.75) is 42.0 Å². The van der Waals surface area contributed by atoms with Gasteiger partial charge in [0.15, 0.2) is 0 Å². The van der Waals surface area contributed by atoms with Crippen LogP contribution in [0.2, 0.25) is 0 Å². The van der Waals surface area contributed by atoms with Gasteiger partial charge in [0.2, 0.25) is 5.88 Å². The molecule has 4 rings (SSSR count). The lowest BCUT2D eigenvalue weighted by molar-refractivity contribution is 0.0698. The van der Waals surface area contributed by atoms with Crippen LogP contribution < -0.4 is 9.22 Å². The number of quaternary nitrogens is 1. The van der Waals surface area contributed by atoms with Gasteiger partial charge in [0.1, 0.15) is 4.21 Å². The van der Waals surface area contributed by atoms with Gasteiger partial charge in [0.25, 0.3) is 10.0 Å². The predicted molar refractivity (Wildman–Crippen MR) is 125 cm³/mol. The van der Waals surface area contributed by atoms with Gasteiger partial charge in [-0.2, -0.15) is 9.29 Å². The van der Waals surface area contributed by atoms with Gasteiger partial charge in [-0.3, -0.25) is 4.48 Å². The van der Waals surface area contributed by atoms with Gasteiger partial charge in [0.05, 0.1) is 26.2 Å². The molecule has 0 aromatic carbocycles. The Labute approximate surface area is 198 Å². The first-order valence-electron chi connectivity index (χ1n) is 11.0.